The topological polar surface area (TPSA) is 632 Å². The van der Waals surface area contributed by atoms with E-state index in [-0.39, 0.29) is 84.6 Å². The molecule has 141 heavy (non-hydrogen) atoms. The number of esters is 9. The molecule has 0 bridgehead atoms. The molecule has 9 N–H and O–H groups in total. The van der Waals surface area contributed by atoms with Crippen LogP contribution in [0, 0.1) is 10.8 Å². The minimum Gasteiger partial charge on any atom is -0.480 e. The van der Waals surface area contributed by atoms with Crippen LogP contribution in [0.25, 0.3) is 0 Å². The molecule has 0 saturated heterocycles. The highest BCUT2D eigenvalue weighted by atomic mass is 32.2. The van der Waals surface area contributed by atoms with Crippen LogP contribution in [0.15, 0.2) is 0 Å². The van der Waals surface area contributed by atoms with Crippen LogP contribution >= 0.6 is 11.8 Å². The Morgan fingerprint density at radius 3 is 0.837 bits per heavy atom. The molecule has 0 rings (SSSR count). The van der Waals surface area contributed by atoms with Gasteiger partial charge in [0.1, 0.15) is 45.7 Å². The number of nitrogens with zero attached hydrogens (tertiary/aromatic N) is 13. The Kier molecular flexibility index (Phi) is 76.6. The summed E-state index contributed by atoms with van der Waals surface area (Å²) in [7, 11) is 14.1. The smallest absolute Gasteiger partial charge is 0.322 e. The monoisotopic (exact) mass is 2050 g/mol. The lowest BCUT2D eigenvalue weighted by Crippen LogP contribution is -2.50. The van der Waals surface area contributed by atoms with E-state index in [1.165, 1.54) is 72.9 Å². The molecule has 0 aliphatic rings. The summed E-state index contributed by atoms with van der Waals surface area (Å²) in [6.45, 7) is 14.0. The molecule has 1 atom stereocenters. The second kappa shape index (κ2) is 80.1. The molecule has 0 aromatic carbocycles. The molecule has 0 aromatic rings. The number of aliphatic carboxylic acids is 9. The van der Waals surface area contributed by atoms with E-state index >= 15 is 0 Å². The highest BCUT2D eigenvalue weighted by Crippen LogP contribution is 2.26. The fraction of sp³-hybridized carbons (Fsp3) is 0.789. The third kappa shape index (κ3) is 76.1. The SMILES string of the molecule is CC(=O)OCC(COC(C)=O)(COC(C)=O)C(=O)OCCCSCCCOC(=O)CN(CCN(CCN(CC(=O)O)CC(=O)O)CC(=O)O)CC(=O)O.CCN(C)CCN(C)C(=O)N(C)CCCCC(C(=O)O)N(CCN(CC(=O)O)CC(=O)O)CCN(CC(=O)O)CC(=O)O.CCN(C)CCN(C)CCN(C)CCN(C)CCCCCCCCCCOC(=O)C(COC(C)=O)(COC(C)=O)COC(C)=O. The molecular weight excluding hydrogens is 1890 g/mol. The van der Waals surface area contributed by atoms with E-state index < -0.39 is 223 Å². The number of ether oxygens (including phenoxy) is 9. The number of urea groups is 1. The van der Waals surface area contributed by atoms with Gasteiger partial charge >= 0.3 is 113 Å². The molecule has 0 saturated carbocycles. The van der Waals surface area contributed by atoms with Gasteiger partial charge in [-0.15, -0.1) is 0 Å². The van der Waals surface area contributed by atoms with Crippen molar-refractivity contribution in [1.82, 2.24) is 63.7 Å². The molecule has 50 nitrogen and oxygen atoms in total. The van der Waals surface area contributed by atoms with Crippen molar-refractivity contribution in [3.05, 3.63) is 0 Å². The fourth-order valence-corrected chi connectivity index (χ4v) is 13.7. The minimum atomic E-state index is -1.77. The number of thioether (sulfide) groups is 1. The first-order valence-electron chi connectivity index (χ1n) is 46.8. The number of unbranched alkanes of at least 4 members (excludes halogenated alkanes) is 8. The Morgan fingerprint density at radius 1 is 0.262 bits per heavy atom. The first-order valence-corrected chi connectivity index (χ1v) is 48.0. The summed E-state index contributed by atoms with van der Waals surface area (Å²) in [6.07, 6.45) is 10.4. The number of rotatable bonds is 84. The molecule has 814 valence electrons. The predicted octanol–water partition coefficient (Wildman–Crippen LogP) is 0.369. The number of likely N-dealkylation sites (N-methyl/N-ethyl adjacent to an activating group) is 6. The normalized spacial score (nSPS) is 11.7. The van der Waals surface area contributed by atoms with Crippen LogP contribution in [-0.2, 0) is 129 Å². The number of hydrogen-bond donors (Lipinski definition) is 9. The van der Waals surface area contributed by atoms with E-state index in [1.54, 1.807) is 23.9 Å². The van der Waals surface area contributed by atoms with Crippen LogP contribution < -0.4 is 0 Å². The highest BCUT2D eigenvalue weighted by molar-refractivity contribution is 7.99. The van der Waals surface area contributed by atoms with Crippen molar-refractivity contribution < 1.29 is 180 Å². The van der Waals surface area contributed by atoms with Crippen LogP contribution in [0.5, 0.6) is 0 Å². The molecule has 51 heteroatoms. The van der Waals surface area contributed by atoms with E-state index in [2.05, 4.69) is 59.6 Å². The Bertz CT molecular complexity index is 3550. The van der Waals surface area contributed by atoms with Crippen molar-refractivity contribution in [2.75, 3.05) is 310 Å². The van der Waals surface area contributed by atoms with Gasteiger partial charge in [0.15, 0.2) is 10.8 Å². The van der Waals surface area contributed by atoms with Gasteiger partial charge in [0.2, 0.25) is 0 Å². The molecule has 2 amide bonds. The van der Waals surface area contributed by atoms with Gasteiger partial charge in [-0.3, -0.25) is 116 Å². The zero-order valence-corrected chi connectivity index (χ0v) is 86.0. The first kappa shape index (κ1) is 135. The number of carboxylic acids is 9. The van der Waals surface area contributed by atoms with Crippen LogP contribution in [0.4, 0.5) is 4.79 Å². The van der Waals surface area contributed by atoms with Gasteiger partial charge < -0.3 is 123 Å². The van der Waals surface area contributed by atoms with E-state index in [1.807, 2.05) is 14.0 Å². The minimum absolute atomic E-state index is 0.0147. The Labute approximate surface area is 830 Å². The van der Waals surface area contributed by atoms with E-state index in [0.29, 0.717) is 56.7 Å². The Hall–Kier alpha value is -10.4. The number of carbonyl (C=O) groups excluding carboxylic acids is 10. The van der Waals surface area contributed by atoms with E-state index in [0.717, 1.165) is 120 Å². The van der Waals surface area contributed by atoms with Crippen molar-refractivity contribution in [3.8, 4) is 0 Å². The summed E-state index contributed by atoms with van der Waals surface area (Å²) in [5.74, 6) is -16.6. The largest absolute Gasteiger partial charge is 0.480 e. The summed E-state index contributed by atoms with van der Waals surface area (Å²) < 4.78 is 45.9. The van der Waals surface area contributed by atoms with Crippen LogP contribution in [0.2, 0.25) is 0 Å². The van der Waals surface area contributed by atoms with Gasteiger partial charge in [-0.1, -0.05) is 52.4 Å². The summed E-state index contributed by atoms with van der Waals surface area (Å²) in [5, 5.41) is 83.1. The summed E-state index contributed by atoms with van der Waals surface area (Å²) >= 11 is 1.46. The molecule has 0 aromatic heterocycles. The molecule has 0 aliphatic heterocycles. The Balaban J connectivity index is -0.00000204. The van der Waals surface area contributed by atoms with Gasteiger partial charge in [0.05, 0.1) is 78.7 Å². The number of carbonyl (C=O) groups is 19. The highest BCUT2D eigenvalue weighted by Gasteiger charge is 2.46. The lowest BCUT2D eigenvalue weighted by atomic mass is 9.91. The first-order chi connectivity index (χ1) is 66.2. The van der Waals surface area contributed by atoms with Crippen molar-refractivity contribution in [1.29, 1.82) is 0 Å². The van der Waals surface area contributed by atoms with Gasteiger partial charge in [-0.05, 0) is 111 Å². The predicted molar refractivity (Wildman–Crippen MR) is 511 cm³/mol. The molecule has 0 aliphatic carbocycles. The lowest BCUT2D eigenvalue weighted by molar-refractivity contribution is -0.181. The molecular formula is C90H161N13O37S. The average molecular weight is 2050 g/mol. The summed E-state index contributed by atoms with van der Waals surface area (Å²) in [6, 6.07) is -1.28. The quantitative estimate of drug-likeness (QED) is 0.0226. The van der Waals surface area contributed by atoms with E-state index in [4.69, 9.17) is 73.3 Å². The zero-order valence-electron chi connectivity index (χ0n) is 85.2. The van der Waals surface area contributed by atoms with Crippen molar-refractivity contribution >= 4 is 125 Å². The number of amides is 2. The Morgan fingerprint density at radius 2 is 0.518 bits per heavy atom. The molecule has 0 heterocycles. The van der Waals surface area contributed by atoms with Gasteiger partial charge in [-0.2, -0.15) is 11.8 Å². The maximum atomic E-state index is 13.0. The second-order valence-electron chi connectivity index (χ2n) is 34.4. The summed E-state index contributed by atoms with van der Waals surface area (Å²) in [4.78, 5) is 244. The van der Waals surface area contributed by atoms with Crippen LogP contribution in [0.1, 0.15) is 139 Å². The second-order valence-corrected chi connectivity index (χ2v) is 35.6. The van der Waals surface area contributed by atoms with Crippen molar-refractivity contribution in [3.63, 3.8) is 0 Å². The van der Waals surface area contributed by atoms with Gasteiger partial charge in [-0.25, -0.2) is 4.79 Å². The molecule has 0 spiro atoms. The third-order valence-electron chi connectivity index (χ3n) is 21.4. The number of hydrogen-bond acceptors (Lipinski definition) is 40. The van der Waals surface area contributed by atoms with Gasteiger partial charge in [0, 0.05) is 167 Å². The molecule has 0 radical (unpaired) electrons. The fourth-order valence-electron chi connectivity index (χ4n) is 12.9. The molecule has 0 fully saturated rings. The maximum Gasteiger partial charge on any atom is 0.322 e. The average Bonchev–Trinajstić information content (AvgIpc) is 0.830. The van der Waals surface area contributed by atoms with Gasteiger partial charge in [0.25, 0.3) is 0 Å². The third-order valence-corrected chi connectivity index (χ3v) is 22.5. The van der Waals surface area contributed by atoms with Crippen molar-refractivity contribution in [2.24, 2.45) is 10.8 Å². The molecule has 1 unspecified atom stereocenters. The number of carboxylic acid groups (broad SMARTS) is 9. The maximum absolute atomic E-state index is 13.0. The van der Waals surface area contributed by atoms with Crippen LogP contribution in [-0.4, -0.2) is 539 Å². The standard InChI is InChI=1S/C33H64N4O8.C31H49N3O18S.C26H48N6O11/c1-9-34(5)19-20-36(7)23-24-37(8)22-21-35(6)18-16-14-12-10-11-13-15-17-25-42-32(41)33(26-43-29(2)38,27-44-30(3)39)28-45-31(4)40;1-22(35)50-19-31(20-51-23(2)36,21-52-24(3)37)30(47)49-11-5-13-53-12-4-10-48-29(46)18-34(17-28(44)45)9-7-32(14-25(38)39)6-8-33(15-26(40)41)16-27(42)43;1-5-27(2)10-11-29(4)26(43)28(3)9-7-6-8-20(25(41)42)32(14-12-30(16-21(33)34)17-22(35)36)15-13-31(18-23(37)38)19-24(39)40/h9-28H2,1-8H3;4-21H2,1-3H3,(H,38,39)(H,40,41)(H,42,43)(H,44,45);20H,5-19H2,1-4H3,(H,33,34)(H,35,36)(H,37,38)(H,39,40)(H,41,42). The zero-order chi connectivity index (χ0) is 108. The van der Waals surface area contributed by atoms with Crippen LogP contribution in [0.3, 0.4) is 0 Å². The summed E-state index contributed by atoms with van der Waals surface area (Å²) in [5.41, 5.74) is -3.39. The van der Waals surface area contributed by atoms with E-state index in [9.17, 15) is 106 Å². The lowest BCUT2D eigenvalue weighted by Gasteiger charge is -2.32. The van der Waals surface area contributed by atoms with Crippen molar-refractivity contribution in [2.45, 2.75) is 145 Å².